The van der Waals surface area contributed by atoms with Crippen LogP contribution >= 0.6 is 0 Å². The molecule has 17 rings (SSSR count). The van der Waals surface area contributed by atoms with Crippen LogP contribution in [0.3, 0.4) is 0 Å². The van der Waals surface area contributed by atoms with E-state index in [4.69, 9.17) is 0 Å². The maximum Gasteiger partial charge on any atom is 1.00 e. The first kappa shape index (κ1) is 76.9. The quantitative estimate of drug-likeness (QED) is 0.0539. The van der Waals surface area contributed by atoms with E-state index in [1.54, 1.807) is 42.6 Å². The fourth-order valence-corrected chi connectivity index (χ4v) is 17.3. The molecule has 0 amide bonds. The SMILES string of the molecule is CN(C)C1=CC2=C3C=C(N(C)C)C=CN3CCCN2C=C1.CN1c2ccccc2N(C)C12CCCCC21N(C)c2ccccc2N1C.Cc1c(F)c(F)c(-c2ccc3c(c2)C(=C(C#N)C#N)c2cc4c(cc2-3)C(=C(C#N)C#N)C2C=C(c3c(F)c(F)c(F)c(F)c3F)C=CC42)c(F)c1F.[Li+].[O-]c1cccc2ccc[nH+]c12. The third-order valence-corrected chi connectivity index (χ3v) is 22.6. The summed E-state index contributed by atoms with van der Waals surface area (Å²) in [6, 6.07) is 40.5. The molecule has 2 atom stereocenters. The Morgan fingerprint density at radius 2 is 0.982 bits per heavy atom. The van der Waals surface area contributed by atoms with Gasteiger partial charge in [0, 0.05) is 128 Å². The van der Waals surface area contributed by atoms with E-state index in [1.807, 2.05) is 18.2 Å². The molecule has 4 aliphatic carbocycles. The molecule has 1 fully saturated rings. The number of pyridine rings is 1. The topological polar surface area (TPSA) is 158 Å². The fraction of sp³-hybridized carbons (Fsp3) is 0.230. The molecule has 24 heteroatoms. The molecular formula is C87H72F9LiN13O+. The van der Waals surface area contributed by atoms with Crippen molar-refractivity contribution in [3.05, 3.63) is 290 Å². The number of aromatic amines is 1. The fourth-order valence-electron chi connectivity index (χ4n) is 17.3. The number of nitriles is 4. The summed E-state index contributed by atoms with van der Waals surface area (Å²) in [5, 5.41) is 51.8. The first-order valence-electron chi connectivity index (χ1n) is 35.6. The summed E-state index contributed by atoms with van der Waals surface area (Å²) in [5.74, 6) is -19.2. The molecule has 1 N–H and O–H groups in total. The van der Waals surface area contributed by atoms with E-state index in [-0.39, 0.29) is 74.9 Å². The Morgan fingerprint density at radius 1 is 0.505 bits per heavy atom. The summed E-state index contributed by atoms with van der Waals surface area (Å²) < 4.78 is 131. The molecule has 1 saturated carbocycles. The Balaban J connectivity index is 0.000000150. The van der Waals surface area contributed by atoms with Crippen molar-refractivity contribution in [3.8, 4) is 52.3 Å². The van der Waals surface area contributed by atoms with Crippen LogP contribution in [0, 0.1) is 111 Å². The van der Waals surface area contributed by atoms with Crippen LogP contribution in [0.5, 0.6) is 5.75 Å². The van der Waals surface area contributed by atoms with Crippen molar-refractivity contribution in [1.29, 1.82) is 21.0 Å². The molecule has 8 aromatic rings. The number of halogens is 9. The first-order valence-corrected chi connectivity index (χ1v) is 35.6. The molecule has 9 aliphatic rings. The van der Waals surface area contributed by atoms with Crippen molar-refractivity contribution in [3.63, 3.8) is 0 Å². The van der Waals surface area contributed by atoms with Crippen molar-refractivity contribution in [2.45, 2.75) is 56.3 Å². The predicted molar refractivity (Wildman–Crippen MR) is 404 cm³/mol. The maximum absolute atomic E-state index is 15.1. The van der Waals surface area contributed by atoms with Crippen LogP contribution in [-0.4, -0.2) is 100 Å². The average molecular weight is 1490 g/mol. The van der Waals surface area contributed by atoms with Crippen molar-refractivity contribution in [2.75, 3.05) is 89.1 Å². The number of hydrogen-bond donors (Lipinski definition) is 0. The Bertz CT molecular complexity index is 5450. The van der Waals surface area contributed by atoms with Crippen LogP contribution in [0.2, 0.25) is 0 Å². The molecule has 14 nitrogen and oxygen atoms in total. The van der Waals surface area contributed by atoms with E-state index in [9.17, 15) is 56.9 Å². The molecule has 0 radical (unpaired) electrons. The Morgan fingerprint density at radius 3 is 1.47 bits per heavy atom. The number of hydrogen-bond acceptors (Lipinski definition) is 13. The second-order valence-corrected chi connectivity index (χ2v) is 28.5. The normalized spacial score (nSPS) is 17.7. The molecule has 5 aliphatic heterocycles. The van der Waals surface area contributed by atoms with Crippen LogP contribution in [0.15, 0.2) is 204 Å². The van der Waals surface area contributed by atoms with E-state index in [0.29, 0.717) is 16.6 Å². The molecule has 2 spiro atoms. The van der Waals surface area contributed by atoms with Gasteiger partial charge in [0.1, 0.15) is 35.4 Å². The van der Waals surface area contributed by atoms with Gasteiger partial charge in [-0.15, -0.1) is 0 Å². The van der Waals surface area contributed by atoms with Crippen LogP contribution in [0.4, 0.5) is 62.3 Å². The molecule has 2 unspecified atom stereocenters. The summed E-state index contributed by atoms with van der Waals surface area (Å²) >= 11 is 0. The van der Waals surface area contributed by atoms with Crippen LogP contribution in [-0.2, 0) is 0 Å². The van der Waals surface area contributed by atoms with Gasteiger partial charge >= 0.3 is 18.9 Å². The number of aromatic nitrogens is 1. The van der Waals surface area contributed by atoms with Crippen molar-refractivity contribution in [2.24, 2.45) is 5.92 Å². The van der Waals surface area contributed by atoms with Gasteiger partial charge in [-0.1, -0.05) is 66.8 Å². The van der Waals surface area contributed by atoms with Gasteiger partial charge in [0.25, 0.3) is 0 Å². The molecular weight excluding hydrogens is 1420 g/mol. The van der Waals surface area contributed by atoms with Gasteiger partial charge in [-0.2, -0.15) is 21.0 Å². The second kappa shape index (κ2) is 30.0. The van der Waals surface area contributed by atoms with E-state index in [1.165, 1.54) is 94.8 Å². The number of rotatable bonds is 4. The number of benzene rings is 7. The third kappa shape index (κ3) is 12.2. The van der Waals surface area contributed by atoms with E-state index in [0.717, 1.165) is 56.8 Å². The largest absolute Gasteiger partial charge is 1.00 e. The van der Waals surface area contributed by atoms with Gasteiger partial charge in [0.05, 0.1) is 45.3 Å². The maximum atomic E-state index is 15.1. The van der Waals surface area contributed by atoms with Crippen LogP contribution < -0.4 is 48.6 Å². The Hall–Kier alpha value is -12.3. The van der Waals surface area contributed by atoms with Gasteiger partial charge in [0.2, 0.25) is 11.3 Å². The third-order valence-electron chi connectivity index (χ3n) is 22.6. The standard InChI is InChI=1S/C39H13F9N4.C22H28N4.C17H24N4.C9H7NO.Li/c1-14-31(40)33(42)29(34(43)32(14)41)15-2-4-19-21-8-26-22(9-25(21)27(23(19)6-15)17(10-49)11-50)20-5-3-16(7-24(20)28(26)18(12-51)13-52)30-35(44)37(46)39(48)38(47)36(30)45;1-23-17-11-5-6-12-18(17)24(2)21(23)15-9-10-16-22(21)25(3)19-13-7-8-14-20(19)26(22)4;1-18(2)14-6-10-20-8-5-9-21-11-7-15(19(3)4)13-17(21)16(20)12-14;11-8-5-1-3-7-4-2-6-10-9(7)8;/h2-9,20,24H,1H3;5-8,11-14H,9-10,15-16H2,1-4H3;6-7,10-13H,5,8-9H2,1-4H3;1-6,11H;/q;;;;+1. The van der Waals surface area contributed by atoms with E-state index >= 15 is 8.78 Å². The summed E-state index contributed by atoms with van der Waals surface area (Å²) in [4.78, 5) is 22.2. The Labute approximate surface area is 649 Å². The molecule has 0 saturated heterocycles. The zero-order valence-electron chi connectivity index (χ0n) is 62.4. The van der Waals surface area contributed by atoms with E-state index in [2.05, 4.69) is 186 Å². The van der Waals surface area contributed by atoms with Crippen LogP contribution in [0.25, 0.3) is 49.9 Å². The number of H-pyrrole nitrogens is 1. The number of nitrogens with one attached hydrogen (secondary N) is 1. The molecule has 111 heavy (non-hydrogen) atoms. The summed E-state index contributed by atoms with van der Waals surface area (Å²) in [7, 11) is 17.5. The van der Waals surface area contributed by atoms with Crippen LogP contribution in [0.1, 0.15) is 71.4 Å². The van der Waals surface area contributed by atoms with Gasteiger partial charge in [0.15, 0.2) is 64.1 Å². The average Bonchev–Trinajstić information content (AvgIpc) is 1.50. The number of allylic oxidation sites excluding steroid dienone is 11. The molecule has 0 bridgehead atoms. The zero-order valence-corrected chi connectivity index (χ0v) is 62.4. The Kier molecular flexibility index (Phi) is 20.8. The molecule has 1 aromatic heterocycles. The van der Waals surface area contributed by atoms with Crippen molar-refractivity contribution >= 4 is 50.4 Å². The summed E-state index contributed by atoms with van der Waals surface area (Å²) in [6.45, 7) is 3.00. The zero-order chi connectivity index (χ0) is 78.3. The minimum absolute atomic E-state index is 0. The van der Waals surface area contributed by atoms with E-state index < -0.39 is 97.6 Å². The minimum Gasteiger partial charge on any atom is -0.868 e. The first-order chi connectivity index (χ1) is 52.8. The van der Waals surface area contributed by atoms with Gasteiger partial charge in [-0.3, -0.25) is 0 Å². The molecule has 554 valence electrons. The van der Waals surface area contributed by atoms with Gasteiger partial charge in [-0.05, 0) is 174 Å². The van der Waals surface area contributed by atoms with Crippen molar-refractivity contribution < 1.29 is 68.5 Å². The number of likely N-dealkylation sites (N-methyl/N-ethyl adjacent to an activating group) is 6. The summed E-state index contributed by atoms with van der Waals surface area (Å²) in [6.07, 6.45) is 24.8. The monoisotopic (exact) mass is 1490 g/mol. The molecule has 6 heterocycles. The number of fused-ring (bicyclic) bond motifs is 12. The molecule has 7 aromatic carbocycles. The smallest absolute Gasteiger partial charge is 0.868 e. The second-order valence-electron chi connectivity index (χ2n) is 28.5. The van der Waals surface area contributed by atoms with Gasteiger partial charge in [-0.25, -0.2) is 44.5 Å². The summed E-state index contributed by atoms with van der Waals surface area (Å²) in [5.41, 5.74) is 7.78. The number of para-hydroxylation sites is 5. The number of nitrogens with zero attached hydrogens (tertiary/aromatic N) is 12. The minimum atomic E-state index is -2.35. The predicted octanol–water partition coefficient (Wildman–Crippen LogP) is 13.9. The van der Waals surface area contributed by atoms with Crippen molar-refractivity contribution in [1.82, 2.24) is 19.6 Å². The van der Waals surface area contributed by atoms with Gasteiger partial charge < -0.3 is 44.3 Å². The number of anilines is 4.